The number of aldehydes is 1. The van der Waals surface area contributed by atoms with Crippen LogP contribution in [-0.2, 0) is 4.79 Å². The summed E-state index contributed by atoms with van der Waals surface area (Å²) in [6.45, 7) is 0. The van der Waals surface area contributed by atoms with Crippen molar-refractivity contribution in [1.29, 1.82) is 5.41 Å². The molecule has 2 nitrogen and oxygen atoms in total. The predicted octanol–water partition coefficient (Wildman–Crippen LogP) is 0.225. The van der Waals surface area contributed by atoms with Gasteiger partial charge in [-0.05, 0) is 0 Å². The molecular weight excluding hydrogens is 78.0 g/mol. The number of hydrogen-bond acceptors (Lipinski definition) is 2. The highest BCUT2D eigenvalue weighted by Crippen LogP contribution is 2.20. The van der Waals surface area contributed by atoms with Gasteiger partial charge in [0.2, 0.25) is 0 Å². The van der Waals surface area contributed by atoms with Crippen molar-refractivity contribution in [3.8, 4) is 0 Å². The molecule has 1 atom stereocenters. The van der Waals surface area contributed by atoms with E-state index in [1.807, 2.05) is 0 Å². The average Bonchev–Trinajstić information content (AvgIpc) is 2.19. The minimum atomic E-state index is 0.00463. The summed E-state index contributed by atoms with van der Waals surface area (Å²) in [6.07, 6.45) is 1.53. The molecule has 2 heteroatoms. The van der Waals surface area contributed by atoms with Crippen molar-refractivity contribution in [2.75, 3.05) is 0 Å². The van der Waals surface area contributed by atoms with E-state index in [1.54, 1.807) is 0 Å². The summed E-state index contributed by atoms with van der Waals surface area (Å²) >= 11 is 0. The zero-order valence-corrected chi connectivity index (χ0v) is 3.27. The van der Waals surface area contributed by atoms with Crippen LogP contribution in [-0.4, -0.2) is 12.0 Å². The molecule has 32 valence electrons. The summed E-state index contributed by atoms with van der Waals surface area (Å²) in [6, 6.07) is 0. The van der Waals surface area contributed by atoms with Gasteiger partial charge in [-0.3, -0.25) is 0 Å². The second-order valence-corrected chi connectivity index (χ2v) is 1.47. The van der Waals surface area contributed by atoms with Crippen LogP contribution in [0.4, 0.5) is 0 Å². The second-order valence-electron chi connectivity index (χ2n) is 1.47. The lowest BCUT2D eigenvalue weighted by atomic mass is 10.5. The first-order chi connectivity index (χ1) is 2.84. The molecule has 0 bridgehead atoms. The molecule has 0 saturated heterocycles. The number of hydrogen-bond donors (Lipinski definition) is 1. The molecule has 0 heterocycles. The summed E-state index contributed by atoms with van der Waals surface area (Å²) in [5.74, 6) is 0.00463. The Morgan fingerprint density at radius 3 is 2.50 bits per heavy atom. The van der Waals surface area contributed by atoms with Crippen molar-refractivity contribution in [1.82, 2.24) is 0 Å². The zero-order chi connectivity index (χ0) is 4.57. The van der Waals surface area contributed by atoms with Gasteiger partial charge in [0, 0.05) is 12.1 Å². The van der Waals surface area contributed by atoms with E-state index in [-0.39, 0.29) is 5.92 Å². The van der Waals surface area contributed by atoms with E-state index in [0.29, 0.717) is 12.1 Å². The van der Waals surface area contributed by atoms with Gasteiger partial charge < -0.3 is 10.2 Å². The van der Waals surface area contributed by atoms with Gasteiger partial charge in [-0.2, -0.15) is 0 Å². The van der Waals surface area contributed by atoms with Crippen LogP contribution < -0.4 is 0 Å². The molecule has 6 heavy (non-hydrogen) atoms. The fraction of sp³-hybridized carbons (Fsp3) is 0.500. The van der Waals surface area contributed by atoms with E-state index in [2.05, 4.69) is 0 Å². The normalized spacial score (nSPS) is 30.0. The van der Waals surface area contributed by atoms with Gasteiger partial charge >= 0.3 is 0 Å². The maximum absolute atomic E-state index is 9.64. The maximum atomic E-state index is 9.64. The molecule has 0 aromatic heterocycles. The second kappa shape index (κ2) is 0.899. The van der Waals surface area contributed by atoms with Crippen LogP contribution in [0.3, 0.4) is 0 Å². The Morgan fingerprint density at radius 2 is 2.50 bits per heavy atom. The third-order valence-electron chi connectivity index (χ3n) is 0.892. The molecule has 0 amide bonds. The highest BCUT2D eigenvalue weighted by molar-refractivity contribution is 6.09. The van der Waals surface area contributed by atoms with Crippen molar-refractivity contribution < 1.29 is 4.79 Å². The molecule has 1 rings (SSSR count). The van der Waals surface area contributed by atoms with Gasteiger partial charge in [0.25, 0.3) is 0 Å². The van der Waals surface area contributed by atoms with Gasteiger partial charge in [0.1, 0.15) is 6.29 Å². The van der Waals surface area contributed by atoms with Gasteiger partial charge in [0.15, 0.2) is 0 Å². The molecule has 1 N–H and O–H groups in total. The molecule has 0 aliphatic heterocycles. The van der Waals surface area contributed by atoms with E-state index >= 15 is 0 Å². The summed E-state index contributed by atoms with van der Waals surface area (Å²) < 4.78 is 0. The average molecular weight is 83.1 g/mol. The molecule has 0 radical (unpaired) electrons. The summed E-state index contributed by atoms with van der Waals surface area (Å²) in [5, 5.41) is 6.74. The minimum Gasteiger partial charge on any atom is -0.309 e. The van der Waals surface area contributed by atoms with E-state index < -0.39 is 0 Å². The maximum Gasteiger partial charge on any atom is 0.129 e. The number of rotatable bonds is 1. The quantitative estimate of drug-likeness (QED) is 0.453. The SMILES string of the molecule is N=C1CC1C=O. The van der Waals surface area contributed by atoms with E-state index in [1.165, 1.54) is 0 Å². The molecule has 0 aromatic rings. The monoisotopic (exact) mass is 83.0 g/mol. The minimum absolute atomic E-state index is 0.00463. The third kappa shape index (κ3) is 0.339. The van der Waals surface area contributed by atoms with Crippen molar-refractivity contribution in [3.63, 3.8) is 0 Å². The Bertz CT molecular complexity index is 97.7. The van der Waals surface area contributed by atoms with Crippen LogP contribution in [0.5, 0.6) is 0 Å². The molecule has 0 aromatic carbocycles. The van der Waals surface area contributed by atoms with Gasteiger partial charge in [-0.15, -0.1) is 0 Å². The standard InChI is InChI=1S/C4H5NO/c5-4-1-3(4)2-6/h2-3,5H,1H2. The molecule has 1 fully saturated rings. The molecule has 1 aliphatic carbocycles. The van der Waals surface area contributed by atoms with E-state index in [4.69, 9.17) is 5.41 Å². The highest BCUT2D eigenvalue weighted by atomic mass is 16.1. The highest BCUT2D eigenvalue weighted by Gasteiger charge is 2.28. The van der Waals surface area contributed by atoms with Crippen molar-refractivity contribution in [3.05, 3.63) is 0 Å². The fourth-order valence-electron chi connectivity index (χ4n) is 0.308. The van der Waals surface area contributed by atoms with Crippen molar-refractivity contribution >= 4 is 12.0 Å². The van der Waals surface area contributed by atoms with Crippen molar-refractivity contribution in [2.24, 2.45) is 5.92 Å². The summed E-state index contributed by atoms with van der Waals surface area (Å²) in [7, 11) is 0. The first-order valence-electron chi connectivity index (χ1n) is 1.87. The van der Waals surface area contributed by atoms with Crippen LogP contribution in [0.15, 0.2) is 0 Å². The van der Waals surface area contributed by atoms with Gasteiger partial charge in [-0.1, -0.05) is 0 Å². The van der Waals surface area contributed by atoms with Gasteiger partial charge in [-0.25, -0.2) is 0 Å². The zero-order valence-electron chi connectivity index (χ0n) is 3.27. The predicted molar refractivity (Wildman–Crippen MR) is 21.9 cm³/mol. The Hall–Kier alpha value is -0.660. The van der Waals surface area contributed by atoms with Crippen LogP contribution in [0.1, 0.15) is 6.42 Å². The topological polar surface area (TPSA) is 40.9 Å². The molecule has 1 unspecified atom stereocenters. The Labute approximate surface area is 35.7 Å². The summed E-state index contributed by atoms with van der Waals surface area (Å²) in [4.78, 5) is 9.64. The molecule has 1 aliphatic rings. The van der Waals surface area contributed by atoms with Crippen LogP contribution in [0.25, 0.3) is 0 Å². The van der Waals surface area contributed by atoms with E-state index in [0.717, 1.165) is 6.29 Å². The first-order valence-corrected chi connectivity index (χ1v) is 1.87. The van der Waals surface area contributed by atoms with Gasteiger partial charge in [0.05, 0.1) is 5.92 Å². The lowest BCUT2D eigenvalue weighted by Gasteiger charge is -1.57. The molecule has 1 saturated carbocycles. The van der Waals surface area contributed by atoms with Crippen LogP contribution in [0, 0.1) is 11.3 Å². The Kier molecular flexibility index (Phi) is 0.528. The Balaban J connectivity index is 2.44. The largest absolute Gasteiger partial charge is 0.309 e. The smallest absolute Gasteiger partial charge is 0.129 e. The number of carbonyl (C=O) groups excluding carboxylic acids is 1. The van der Waals surface area contributed by atoms with Crippen LogP contribution in [0.2, 0.25) is 0 Å². The van der Waals surface area contributed by atoms with Crippen LogP contribution >= 0.6 is 0 Å². The third-order valence-corrected chi connectivity index (χ3v) is 0.892. The lowest BCUT2D eigenvalue weighted by molar-refractivity contribution is -0.108. The van der Waals surface area contributed by atoms with Crippen molar-refractivity contribution in [2.45, 2.75) is 6.42 Å². The number of nitrogens with one attached hydrogen (secondary N) is 1. The molecular formula is C4H5NO. The first kappa shape index (κ1) is 3.53. The number of carbonyl (C=O) groups is 1. The Morgan fingerprint density at radius 1 is 2.00 bits per heavy atom. The lowest BCUT2D eigenvalue weighted by Crippen LogP contribution is -1.74. The van der Waals surface area contributed by atoms with E-state index in [9.17, 15) is 4.79 Å². The summed E-state index contributed by atoms with van der Waals surface area (Å²) in [5.41, 5.74) is 0.588. The molecule has 0 spiro atoms. The fourth-order valence-corrected chi connectivity index (χ4v) is 0.308.